The summed E-state index contributed by atoms with van der Waals surface area (Å²) in [4.78, 5) is 12.5. The summed E-state index contributed by atoms with van der Waals surface area (Å²) in [6.45, 7) is 6.16. The van der Waals surface area contributed by atoms with Gasteiger partial charge in [0.1, 0.15) is 12.1 Å². The largest absolute Gasteiger partial charge is 0.493 e. The zero-order valence-electron chi connectivity index (χ0n) is 12.6. The van der Waals surface area contributed by atoms with Crippen molar-refractivity contribution >= 4 is 11.0 Å². The van der Waals surface area contributed by atoms with Crippen molar-refractivity contribution in [3.63, 3.8) is 0 Å². The van der Waals surface area contributed by atoms with E-state index >= 15 is 0 Å². The second-order valence-corrected chi connectivity index (χ2v) is 6.07. The molecule has 0 saturated carbocycles. The Labute approximate surface area is 127 Å². The number of rotatable bonds is 1. The summed E-state index contributed by atoms with van der Waals surface area (Å²) in [6, 6.07) is 5.43. The first-order valence-electron chi connectivity index (χ1n) is 6.84. The molecule has 3 aromatic rings. The molecule has 0 aromatic carbocycles. The SMILES string of the molecule is CC(C)(C)c1cn(-c2cc(C#N)ccn2)c2ncnc(O)c12. The molecular weight excluding hydrogens is 278 g/mol. The van der Waals surface area contributed by atoms with E-state index < -0.39 is 0 Å². The molecule has 0 aliphatic rings. The molecule has 6 heteroatoms. The van der Waals surface area contributed by atoms with Crippen molar-refractivity contribution in [1.29, 1.82) is 5.26 Å². The minimum Gasteiger partial charge on any atom is -0.493 e. The maximum absolute atomic E-state index is 10.1. The molecule has 0 radical (unpaired) electrons. The van der Waals surface area contributed by atoms with E-state index in [1.54, 1.807) is 22.9 Å². The fraction of sp³-hybridized carbons (Fsp3) is 0.250. The lowest BCUT2D eigenvalue weighted by molar-refractivity contribution is 0.457. The van der Waals surface area contributed by atoms with Crippen LogP contribution in [0.3, 0.4) is 0 Å². The van der Waals surface area contributed by atoms with Crippen molar-refractivity contribution in [3.8, 4) is 17.8 Å². The molecule has 0 aliphatic heterocycles. The van der Waals surface area contributed by atoms with Gasteiger partial charge in [0, 0.05) is 12.4 Å². The third-order valence-electron chi connectivity index (χ3n) is 3.49. The molecule has 1 N–H and O–H groups in total. The molecule has 22 heavy (non-hydrogen) atoms. The summed E-state index contributed by atoms with van der Waals surface area (Å²) in [5, 5.41) is 19.8. The summed E-state index contributed by atoms with van der Waals surface area (Å²) in [5.74, 6) is 0.530. The number of hydrogen-bond donors (Lipinski definition) is 1. The van der Waals surface area contributed by atoms with Crippen LogP contribution in [0.25, 0.3) is 16.9 Å². The lowest BCUT2D eigenvalue weighted by Gasteiger charge is -2.17. The van der Waals surface area contributed by atoms with Gasteiger partial charge >= 0.3 is 0 Å². The molecule has 0 spiro atoms. The Morgan fingerprint density at radius 3 is 2.68 bits per heavy atom. The lowest BCUT2D eigenvalue weighted by Crippen LogP contribution is -2.10. The highest BCUT2D eigenvalue weighted by atomic mass is 16.3. The number of aromatic hydroxyl groups is 1. The summed E-state index contributed by atoms with van der Waals surface area (Å²) in [6.07, 6.45) is 4.79. The summed E-state index contributed by atoms with van der Waals surface area (Å²) < 4.78 is 1.78. The fourth-order valence-corrected chi connectivity index (χ4v) is 2.41. The molecular formula is C16H15N5O. The van der Waals surface area contributed by atoms with Crippen molar-refractivity contribution < 1.29 is 5.11 Å². The molecule has 0 saturated heterocycles. The van der Waals surface area contributed by atoms with Crippen LogP contribution in [0.5, 0.6) is 5.88 Å². The zero-order chi connectivity index (χ0) is 15.9. The third-order valence-corrected chi connectivity index (χ3v) is 3.49. The highest BCUT2D eigenvalue weighted by Crippen LogP contribution is 2.35. The van der Waals surface area contributed by atoms with Crippen LogP contribution >= 0.6 is 0 Å². The predicted octanol–water partition coefficient (Wildman–Crippen LogP) is 2.69. The molecule has 3 rings (SSSR count). The maximum atomic E-state index is 10.1. The van der Waals surface area contributed by atoms with Gasteiger partial charge < -0.3 is 5.11 Å². The van der Waals surface area contributed by atoms with Gasteiger partial charge in [-0.1, -0.05) is 20.8 Å². The first-order chi connectivity index (χ1) is 10.4. The monoisotopic (exact) mass is 293 g/mol. The number of nitrogens with zero attached hydrogens (tertiary/aromatic N) is 5. The van der Waals surface area contributed by atoms with Crippen LogP contribution in [0, 0.1) is 11.3 Å². The van der Waals surface area contributed by atoms with E-state index in [0.717, 1.165) is 5.56 Å². The maximum Gasteiger partial charge on any atom is 0.223 e. The van der Waals surface area contributed by atoms with E-state index in [1.807, 2.05) is 6.20 Å². The molecule has 0 fully saturated rings. The van der Waals surface area contributed by atoms with E-state index in [-0.39, 0.29) is 11.3 Å². The van der Waals surface area contributed by atoms with Gasteiger partial charge in [0.15, 0.2) is 5.65 Å². The van der Waals surface area contributed by atoms with Gasteiger partial charge in [0.05, 0.1) is 17.0 Å². The van der Waals surface area contributed by atoms with Crippen LogP contribution < -0.4 is 0 Å². The molecule has 6 nitrogen and oxygen atoms in total. The minimum atomic E-state index is -0.196. The molecule has 110 valence electrons. The smallest absolute Gasteiger partial charge is 0.223 e. The quantitative estimate of drug-likeness (QED) is 0.745. The van der Waals surface area contributed by atoms with E-state index in [1.165, 1.54) is 6.33 Å². The van der Waals surface area contributed by atoms with E-state index in [4.69, 9.17) is 5.26 Å². The van der Waals surface area contributed by atoms with Gasteiger partial charge in [-0.2, -0.15) is 5.26 Å². The molecule has 0 bridgehead atoms. The fourth-order valence-electron chi connectivity index (χ4n) is 2.41. The summed E-state index contributed by atoms with van der Waals surface area (Å²) in [5.41, 5.74) is 1.81. The number of nitriles is 1. The molecule has 0 amide bonds. The number of fused-ring (bicyclic) bond motifs is 1. The normalized spacial score (nSPS) is 11.5. The molecule has 0 aliphatic carbocycles. The molecule has 0 unspecified atom stereocenters. The summed E-state index contributed by atoms with van der Waals surface area (Å²) >= 11 is 0. The van der Waals surface area contributed by atoms with Gasteiger partial charge in [-0.15, -0.1) is 0 Å². The predicted molar refractivity (Wildman–Crippen MR) is 81.7 cm³/mol. The van der Waals surface area contributed by atoms with Gasteiger partial charge in [0.2, 0.25) is 5.88 Å². The van der Waals surface area contributed by atoms with E-state index in [0.29, 0.717) is 22.4 Å². The van der Waals surface area contributed by atoms with Gasteiger partial charge in [0.25, 0.3) is 0 Å². The Morgan fingerprint density at radius 2 is 2.00 bits per heavy atom. The van der Waals surface area contributed by atoms with Crippen molar-refractivity contribution in [2.75, 3.05) is 0 Å². The van der Waals surface area contributed by atoms with Crippen LogP contribution in [-0.4, -0.2) is 24.6 Å². The standard InChI is InChI=1S/C16H15N5O/c1-16(2,3)11-8-21(12-6-10(7-17)4-5-18-12)14-13(11)15(22)20-9-19-14/h4-6,8-9H,1-3H3,(H,19,20,22). The average Bonchev–Trinajstić information content (AvgIpc) is 2.88. The Morgan fingerprint density at radius 1 is 1.23 bits per heavy atom. The van der Waals surface area contributed by atoms with Crippen LogP contribution in [0.1, 0.15) is 31.9 Å². The Hall–Kier alpha value is -2.94. The van der Waals surface area contributed by atoms with Crippen molar-refractivity contribution in [2.24, 2.45) is 0 Å². The van der Waals surface area contributed by atoms with E-state index in [9.17, 15) is 5.11 Å². The third kappa shape index (κ3) is 2.17. The first kappa shape index (κ1) is 14.0. The van der Waals surface area contributed by atoms with Crippen molar-refractivity contribution in [2.45, 2.75) is 26.2 Å². The van der Waals surface area contributed by atoms with E-state index in [2.05, 4.69) is 41.8 Å². The van der Waals surface area contributed by atoms with Gasteiger partial charge in [-0.25, -0.2) is 15.0 Å². The highest BCUT2D eigenvalue weighted by Gasteiger charge is 2.24. The van der Waals surface area contributed by atoms with Crippen molar-refractivity contribution in [1.82, 2.24) is 19.5 Å². The van der Waals surface area contributed by atoms with Crippen LogP contribution in [-0.2, 0) is 5.41 Å². The lowest BCUT2D eigenvalue weighted by atomic mass is 9.87. The molecule has 3 heterocycles. The second kappa shape index (κ2) is 4.81. The van der Waals surface area contributed by atoms with Crippen LogP contribution in [0.15, 0.2) is 30.9 Å². The topological polar surface area (TPSA) is 87.6 Å². The number of hydrogen-bond acceptors (Lipinski definition) is 5. The van der Waals surface area contributed by atoms with Gasteiger partial charge in [-0.05, 0) is 23.1 Å². The highest BCUT2D eigenvalue weighted by molar-refractivity contribution is 5.87. The minimum absolute atomic E-state index is 0.0508. The van der Waals surface area contributed by atoms with Crippen LogP contribution in [0.4, 0.5) is 0 Å². The zero-order valence-corrected chi connectivity index (χ0v) is 12.6. The van der Waals surface area contributed by atoms with Gasteiger partial charge in [-0.3, -0.25) is 4.57 Å². The Bertz CT molecular complexity index is 899. The Kier molecular flexibility index (Phi) is 3.06. The number of pyridine rings is 1. The molecule has 0 atom stereocenters. The number of aromatic nitrogens is 4. The molecule has 3 aromatic heterocycles. The van der Waals surface area contributed by atoms with Crippen molar-refractivity contribution in [3.05, 3.63) is 42.0 Å². The van der Waals surface area contributed by atoms with Crippen LogP contribution in [0.2, 0.25) is 0 Å². The Balaban J connectivity index is 2.36. The average molecular weight is 293 g/mol. The summed E-state index contributed by atoms with van der Waals surface area (Å²) in [7, 11) is 0. The second-order valence-electron chi connectivity index (χ2n) is 6.07. The first-order valence-corrected chi connectivity index (χ1v) is 6.84.